The molecular weight excluding hydrogens is 172 g/mol. The van der Waals surface area contributed by atoms with E-state index < -0.39 is 0 Å². The highest BCUT2D eigenvalue weighted by Gasteiger charge is 2.08. The predicted molar refractivity (Wildman–Crippen MR) is 53.2 cm³/mol. The number of rotatable bonds is 1. The van der Waals surface area contributed by atoms with Crippen molar-refractivity contribution in [1.82, 2.24) is 0 Å². The van der Waals surface area contributed by atoms with Crippen molar-refractivity contribution in [2.75, 3.05) is 5.73 Å². The molecule has 0 saturated heterocycles. The monoisotopic (exact) mass is 184 g/mol. The number of hydrogen-bond acceptors (Lipinski definition) is 2. The second-order valence-electron chi connectivity index (χ2n) is 2.97. The van der Waals surface area contributed by atoms with Crippen molar-refractivity contribution in [2.24, 2.45) is 5.73 Å². The van der Waals surface area contributed by atoms with Crippen LogP contribution < -0.4 is 11.5 Å². The molecule has 0 heterocycles. The molecule has 12 heavy (non-hydrogen) atoms. The first kappa shape index (κ1) is 9.36. The van der Waals surface area contributed by atoms with Crippen molar-refractivity contribution in [2.45, 2.75) is 19.9 Å². The molecule has 4 N–H and O–H groups in total. The SMILES string of the molecule is Cc1c(N)ccc(C(C)N)c1Cl. The maximum atomic E-state index is 6.03. The first-order valence-electron chi connectivity index (χ1n) is 3.84. The summed E-state index contributed by atoms with van der Waals surface area (Å²) in [5.74, 6) is 0. The van der Waals surface area contributed by atoms with Crippen LogP contribution in [0.2, 0.25) is 5.02 Å². The van der Waals surface area contributed by atoms with Crippen LogP contribution in [0, 0.1) is 6.92 Å². The molecule has 0 spiro atoms. The summed E-state index contributed by atoms with van der Waals surface area (Å²) in [6.45, 7) is 3.79. The fourth-order valence-electron chi connectivity index (χ4n) is 1.07. The minimum absolute atomic E-state index is 0.0446. The third-order valence-corrected chi connectivity index (χ3v) is 2.45. The molecule has 66 valence electrons. The topological polar surface area (TPSA) is 52.0 Å². The molecule has 0 amide bonds. The Morgan fingerprint density at radius 1 is 1.42 bits per heavy atom. The first-order valence-corrected chi connectivity index (χ1v) is 4.22. The number of nitrogen functional groups attached to an aromatic ring is 1. The molecular formula is C9H13ClN2. The Morgan fingerprint density at radius 2 is 2.00 bits per heavy atom. The highest BCUT2D eigenvalue weighted by atomic mass is 35.5. The third kappa shape index (κ3) is 1.54. The molecule has 0 aliphatic rings. The van der Waals surface area contributed by atoms with Crippen LogP contribution in [0.25, 0.3) is 0 Å². The molecule has 2 nitrogen and oxygen atoms in total. The number of anilines is 1. The Kier molecular flexibility index (Phi) is 2.60. The Bertz CT molecular complexity index is 295. The zero-order chi connectivity index (χ0) is 9.30. The van der Waals surface area contributed by atoms with Crippen LogP contribution in [0.5, 0.6) is 0 Å². The lowest BCUT2D eigenvalue weighted by Crippen LogP contribution is -2.06. The summed E-state index contributed by atoms with van der Waals surface area (Å²) in [6, 6.07) is 3.66. The van der Waals surface area contributed by atoms with Crippen molar-refractivity contribution in [3.63, 3.8) is 0 Å². The Hall–Kier alpha value is -0.730. The van der Waals surface area contributed by atoms with Crippen LogP contribution in [0.4, 0.5) is 5.69 Å². The Morgan fingerprint density at radius 3 is 2.50 bits per heavy atom. The van der Waals surface area contributed by atoms with E-state index >= 15 is 0 Å². The van der Waals surface area contributed by atoms with Gasteiger partial charge in [-0.2, -0.15) is 0 Å². The highest BCUT2D eigenvalue weighted by molar-refractivity contribution is 6.32. The number of halogens is 1. The normalized spacial score (nSPS) is 13.0. The lowest BCUT2D eigenvalue weighted by atomic mass is 10.1. The molecule has 1 rings (SSSR count). The van der Waals surface area contributed by atoms with E-state index in [2.05, 4.69) is 0 Å². The lowest BCUT2D eigenvalue weighted by Gasteiger charge is -2.11. The fraction of sp³-hybridized carbons (Fsp3) is 0.333. The van der Waals surface area contributed by atoms with Gasteiger partial charge in [0.15, 0.2) is 0 Å². The van der Waals surface area contributed by atoms with Gasteiger partial charge in [-0.1, -0.05) is 17.7 Å². The van der Waals surface area contributed by atoms with E-state index in [0.29, 0.717) is 10.7 Å². The van der Waals surface area contributed by atoms with Gasteiger partial charge in [-0.15, -0.1) is 0 Å². The van der Waals surface area contributed by atoms with Crippen molar-refractivity contribution in [3.8, 4) is 0 Å². The van der Waals surface area contributed by atoms with E-state index in [1.54, 1.807) is 0 Å². The van der Waals surface area contributed by atoms with Gasteiger partial charge in [0.25, 0.3) is 0 Å². The number of nitrogens with two attached hydrogens (primary N) is 2. The number of benzene rings is 1. The molecule has 0 bridgehead atoms. The van der Waals surface area contributed by atoms with Crippen molar-refractivity contribution in [1.29, 1.82) is 0 Å². The van der Waals surface area contributed by atoms with E-state index in [4.69, 9.17) is 23.1 Å². The van der Waals surface area contributed by atoms with E-state index in [1.807, 2.05) is 26.0 Å². The van der Waals surface area contributed by atoms with Gasteiger partial charge in [-0.05, 0) is 31.0 Å². The molecule has 1 aromatic rings. The van der Waals surface area contributed by atoms with Gasteiger partial charge in [0.1, 0.15) is 0 Å². The molecule has 0 saturated carbocycles. The van der Waals surface area contributed by atoms with E-state index in [-0.39, 0.29) is 6.04 Å². The van der Waals surface area contributed by atoms with Gasteiger partial charge in [0, 0.05) is 11.7 Å². The molecule has 0 aliphatic heterocycles. The second kappa shape index (κ2) is 3.33. The molecule has 0 aliphatic carbocycles. The minimum Gasteiger partial charge on any atom is -0.398 e. The summed E-state index contributed by atoms with van der Waals surface area (Å²) >= 11 is 6.03. The smallest absolute Gasteiger partial charge is 0.0503 e. The molecule has 1 atom stereocenters. The van der Waals surface area contributed by atoms with Crippen LogP contribution in [0.3, 0.4) is 0 Å². The summed E-state index contributed by atoms with van der Waals surface area (Å²) in [5.41, 5.74) is 13.9. The summed E-state index contributed by atoms with van der Waals surface area (Å²) in [7, 11) is 0. The molecule has 0 aromatic heterocycles. The largest absolute Gasteiger partial charge is 0.398 e. The zero-order valence-electron chi connectivity index (χ0n) is 7.26. The predicted octanol–water partition coefficient (Wildman–Crippen LogP) is 2.25. The van der Waals surface area contributed by atoms with E-state index in [9.17, 15) is 0 Å². The van der Waals surface area contributed by atoms with Gasteiger partial charge < -0.3 is 11.5 Å². The molecule has 1 aromatic carbocycles. The highest BCUT2D eigenvalue weighted by Crippen LogP contribution is 2.28. The van der Waals surface area contributed by atoms with Crippen molar-refractivity contribution in [3.05, 3.63) is 28.3 Å². The van der Waals surface area contributed by atoms with E-state index in [0.717, 1.165) is 11.1 Å². The van der Waals surface area contributed by atoms with Crippen molar-refractivity contribution >= 4 is 17.3 Å². The maximum absolute atomic E-state index is 6.03. The average Bonchev–Trinajstić information content (AvgIpc) is 2.00. The first-order chi connectivity index (χ1) is 5.54. The van der Waals surface area contributed by atoms with Crippen molar-refractivity contribution < 1.29 is 0 Å². The Balaban J connectivity index is 3.27. The molecule has 0 radical (unpaired) electrons. The van der Waals surface area contributed by atoms with Gasteiger partial charge in [0.05, 0.1) is 5.02 Å². The third-order valence-electron chi connectivity index (χ3n) is 1.95. The Labute approximate surface area is 77.5 Å². The fourth-order valence-corrected chi connectivity index (χ4v) is 1.42. The quantitative estimate of drug-likeness (QED) is 0.658. The average molecular weight is 185 g/mol. The van der Waals surface area contributed by atoms with Crippen LogP contribution in [-0.4, -0.2) is 0 Å². The second-order valence-corrected chi connectivity index (χ2v) is 3.35. The van der Waals surface area contributed by atoms with Gasteiger partial charge in [-0.3, -0.25) is 0 Å². The number of hydrogen-bond donors (Lipinski definition) is 2. The van der Waals surface area contributed by atoms with Gasteiger partial charge in [-0.25, -0.2) is 0 Å². The molecule has 0 fully saturated rings. The van der Waals surface area contributed by atoms with Gasteiger partial charge in [0.2, 0.25) is 0 Å². The van der Waals surface area contributed by atoms with Crippen LogP contribution in [0.1, 0.15) is 24.1 Å². The molecule has 1 unspecified atom stereocenters. The molecule has 3 heteroatoms. The zero-order valence-corrected chi connectivity index (χ0v) is 8.02. The van der Waals surface area contributed by atoms with Crippen LogP contribution >= 0.6 is 11.6 Å². The summed E-state index contributed by atoms with van der Waals surface area (Å²) in [4.78, 5) is 0. The summed E-state index contributed by atoms with van der Waals surface area (Å²) < 4.78 is 0. The minimum atomic E-state index is -0.0446. The van der Waals surface area contributed by atoms with E-state index in [1.165, 1.54) is 0 Å². The standard InChI is InChI=1S/C9H13ClN2/c1-5-8(12)4-3-7(6(2)11)9(5)10/h3-4,6H,11-12H2,1-2H3. The van der Waals surface area contributed by atoms with Gasteiger partial charge >= 0.3 is 0 Å². The summed E-state index contributed by atoms with van der Waals surface area (Å²) in [6.07, 6.45) is 0. The lowest BCUT2D eigenvalue weighted by molar-refractivity contribution is 0.817. The van der Waals surface area contributed by atoms with Crippen LogP contribution in [-0.2, 0) is 0 Å². The maximum Gasteiger partial charge on any atom is 0.0503 e. The van der Waals surface area contributed by atoms with Crippen LogP contribution in [0.15, 0.2) is 12.1 Å². The summed E-state index contributed by atoms with van der Waals surface area (Å²) in [5, 5.41) is 0.685.